The molecule has 0 aromatic heterocycles. The van der Waals surface area contributed by atoms with Crippen LogP contribution < -0.4 is 0 Å². The molecule has 4 atom stereocenters. The van der Waals surface area contributed by atoms with Gasteiger partial charge in [-0.3, -0.25) is 4.90 Å². The summed E-state index contributed by atoms with van der Waals surface area (Å²) >= 11 is 0. The van der Waals surface area contributed by atoms with Gasteiger partial charge in [0.25, 0.3) is 0 Å². The quantitative estimate of drug-likeness (QED) is 0.388. The van der Waals surface area contributed by atoms with Gasteiger partial charge in [0.1, 0.15) is 12.7 Å². The molecule has 2 N–H and O–H groups in total. The predicted octanol–water partition coefficient (Wildman–Crippen LogP) is 1.19. The average Bonchev–Trinajstić information content (AvgIpc) is 3.20. The molecule has 152 valence electrons. The molecule has 0 amide bonds. The molecular weight excluding hydrogens is 350 g/mol. The molecule has 1 saturated heterocycles. The molecule has 0 radical (unpaired) electrons. The van der Waals surface area contributed by atoms with Crippen molar-refractivity contribution in [1.29, 1.82) is 0 Å². The molecule has 2 aliphatic rings. The molecule has 7 nitrogen and oxygen atoms in total. The van der Waals surface area contributed by atoms with E-state index in [0.29, 0.717) is 12.0 Å². The molecular formula is C20H31NO6. The van der Waals surface area contributed by atoms with E-state index in [9.17, 15) is 19.8 Å². The summed E-state index contributed by atoms with van der Waals surface area (Å²) in [5.41, 5.74) is -0.724. The number of aliphatic hydroxyl groups excluding tert-OH is 1. The van der Waals surface area contributed by atoms with Crippen molar-refractivity contribution in [2.45, 2.75) is 64.9 Å². The number of hydrogen-bond acceptors (Lipinski definition) is 7. The summed E-state index contributed by atoms with van der Waals surface area (Å²) in [6.07, 6.45) is 2.72. The lowest BCUT2D eigenvalue weighted by atomic mass is 9.85. The highest BCUT2D eigenvalue weighted by Gasteiger charge is 2.49. The fourth-order valence-corrected chi connectivity index (χ4v) is 3.62. The zero-order valence-electron chi connectivity index (χ0n) is 16.8. The molecule has 0 spiro atoms. The van der Waals surface area contributed by atoms with Crippen LogP contribution in [0.5, 0.6) is 0 Å². The highest BCUT2D eigenvalue weighted by atomic mass is 16.6. The lowest BCUT2D eigenvalue weighted by Gasteiger charge is -2.34. The topological polar surface area (TPSA) is 96.3 Å². The van der Waals surface area contributed by atoms with E-state index in [0.717, 1.165) is 18.7 Å². The van der Waals surface area contributed by atoms with Crippen LogP contribution in [0, 0.1) is 5.92 Å². The summed E-state index contributed by atoms with van der Waals surface area (Å²) in [4.78, 5) is 26.9. The van der Waals surface area contributed by atoms with Crippen LogP contribution in [-0.4, -0.2) is 70.6 Å². The van der Waals surface area contributed by atoms with Crippen LogP contribution in [0.2, 0.25) is 0 Å². The van der Waals surface area contributed by atoms with Gasteiger partial charge in [-0.15, -0.1) is 0 Å². The third-order valence-corrected chi connectivity index (χ3v) is 5.67. The average molecular weight is 381 g/mol. The van der Waals surface area contributed by atoms with Crippen molar-refractivity contribution in [3.05, 3.63) is 23.3 Å². The van der Waals surface area contributed by atoms with Gasteiger partial charge in [-0.25, -0.2) is 9.59 Å². The Balaban J connectivity index is 2.04. The van der Waals surface area contributed by atoms with Crippen molar-refractivity contribution in [2.24, 2.45) is 5.92 Å². The first kappa shape index (κ1) is 21.6. The number of hydrogen-bond donors (Lipinski definition) is 2. The molecule has 0 saturated carbocycles. The van der Waals surface area contributed by atoms with Crippen LogP contribution in [0.15, 0.2) is 23.3 Å². The van der Waals surface area contributed by atoms with Crippen molar-refractivity contribution < 1.29 is 29.3 Å². The van der Waals surface area contributed by atoms with Crippen LogP contribution in [-0.2, 0) is 19.1 Å². The Morgan fingerprint density at radius 2 is 2.07 bits per heavy atom. The first-order valence-electron chi connectivity index (χ1n) is 9.47. The van der Waals surface area contributed by atoms with Gasteiger partial charge in [0.15, 0.2) is 0 Å². The van der Waals surface area contributed by atoms with Gasteiger partial charge >= 0.3 is 11.9 Å². The van der Waals surface area contributed by atoms with Gasteiger partial charge in [0.05, 0.1) is 12.1 Å². The second kappa shape index (κ2) is 8.54. The Hall–Kier alpha value is -1.70. The van der Waals surface area contributed by atoms with Gasteiger partial charge in [-0.2, -0.15) is 0 Å². The lowest BCUT2D eigenvalue weighted by molar-refractivity contribution is -0.191. The highest BCUT2D eigenvalue weighted by molar-refractivity contribution is 5.88. The maximum absolute atomic E-state index is 12.7. The van der Waals surface area contributed by atoms with Crippen LogP contribution in [0.1, 0.15) is 41.0 Å². The molecule has 27 heavy (non-hydrogen) atoms. The maximum Gasteiger partial charge on any atom is 0.342 e. The predicted molar refractivity (Wildman–Crippen MR) is 99.8 cm³/mol. The summed E-state index contributed by atoms with van der Waals surface area (Å²) in [7, 11) is 0. The third-order valence-electron chi connectivity index (χ3n) is 5.67. The molecule has 2 aliphatic heterocycles. The Morgan fingerprint density at radius 1 is 1.41 bits per heavy atom. The lowest BCUT2D eigenvalue weighted by Crippen LogP contribution is -2.55. The number of nitrogens with zero attached hydrogens (tertiary/aromatic N) is 1. The number of fused-ring (bicyclic) bond motifs is 1. The Kier molecular flexibility index (Phi) is 6.83. The number of esters is 2. The van der Waals surface area contributed by atoms with Crippen LogP contribution in [0.4, 0.5) is 0 Å². The van der Waals surface area contributed by atoms with E-state index in [1.807, 2.05) is 6.08 Å². The summed E-state index contributed by atoms with van der Waals surface area (Å²) in [6, 6.07) is -0.127. The maximum atomic E-state index is 12.7. The smallest absolute Gasteiger partial charge is 0.342 e. The van der Waals surface area contributed by atoms with Gasteiger partial charge < -0.3 is 19.7 Å². The Labute approximate surface area is 160 Å². The number of rotatable bonds is 7. The summed E-state index contributed by atoms with van der Waals surface area (Å²) < 4.78 is 10.7. The molecule has 0 bridgehead atoms. The number of carbonyl (C=O) groups excluding carboxylic acids is 2. The summed E-state index contributed by atoms with van der Waals surface area (Å²) in [5.74, 6) is -1.94. The van der Waals surface area contributed by atoms with Crippen LogP contribution in [0.25, 0.3) is 0 Å². The number of allylic oxidation sites excluding steroid dienone is 1. The highest BCUT2D eigenvalue weighted by Crippen LogP contribution is 2.31. The van der Waals surface area contributed by atoms with Crippen molar-refractivity contribution in [2.75, 3.05) is 19.7 Å². The monoisotopic (exact) mass is 381 g/mol. The normalized spacial score (nSPS) is 26.4. The molecule has 2 heterocycles. The zero-order valence-corrected chi connectivity index (χ0v) is 16.8. The van der Waals surface area contributed by atoms with E-state index >= 15 is 0 Å². The van der Waals surface area contributed by atoms with Crippen LogP contribution >= 0.6 is 0 Å². The Morgan fingerprint density at radius 3 is 2.67 bits per heavy atom. The molecule has 0 aromatic rings. The van der Waals surface area contributed by atoms with Crippen molar-refractivity contribution >= 4 is 11.9 Å². The van der Waals surface area contributed by atoms with Crippen molar-refractivity contribution in [1.82, 2.24) is 4.90 Å². The van der Waals surface area contributed by atoms with Crippen LogP contribution in [0.3, 0.4) is 0 Å². The SMILES string of the molecule is C/C=C(\C)C(=O)O[C@H](C)[C@@](O)(C(=O)OCC1=CCN2CC[C@H](O)[C@@H]12)C(C)C. The first-order chi connectivity index (χ1) is 12.6. The summed E-state index contributed by atoms with van der Waals surface area (Å²) in [5, 5.41) is 21.1. The first-order valence-corrected chi connectivity index (χ1v) is 9.47. The molecule has 7 heteroatoms. The van der Waals surface area contributed by atoms with Gasteiger partial charge in [0, 0.05) is 18.7 Å². The largest absolute Gasteiger partial charge is 0.459 e. The second-order valence-electron chi connectivity index (χ2n) is 7.65. The van der Waals surface area contributed by atoms with Gasteiger partial charge in [-0.05, 0) is 38.7 Å². The number of aliphatic hydroxyl groups is 2. The van der Waals surface area contributed by atoms with Gasteiger partial charge in [0.2, 0.25) is 5.60 Å². The molecule has 0 aromatic carbocycles. The van der Waals surface area contributed by atoms with E-state index in [2.05, 4.69) is 4.90 Å². The third kappa shape index (κ3) is 4.25. The fourth-order valence-electron chi connectivity index (χ4n) is 3.62. The van der Waals surface area contributed by atoms with Gasteiger partial charge in [-0.1, -0.05) is 26.0 Å². The minimum atomic E-state index is -1.96. The summed E-state index contributed by atoms with van der Waals surface area (Å²) in [6.45, 7) is 9.68. The number of ether oxygens (including phenoxy) is 2. The fraction of sp³-hybridized carbons (Fsp3) is 0.700. The molecule has 0 unspecified atom stereocenters. The van der Waals surface area contributed by atoms with Crippen molar-refractivity contribution in [3.8, 4) is 0 Å². The zero-order chi connectivity index (χ0) is 20.4. The van der Waals surface area contributed by atoms with E-state index in [-0.39, 0.29) is 12.6 Å². The molecule has 2 rings (SSSR count). The standard InChI is InChI=1S/C20H31NO6/c1-6-13(4)18(23)27-14(5)20(25,12(2)3)19(24)26-11-15-7-9-21-10-8-16(22)17(15)21/h6-7,12,14,16-17,22,25H,8-11H2,1-5H3/b13-6+/t14-,16+,17-,20-/m1/s1. The molecule has 0 aliphatic carbocycles. The Bertz CT molecular complexity index is 640. The second-order valence-corrected chi connectivity index (χ2v) is 7.65. The number of carbonyl (C=O) groups is 2. The van der Waals surface area contributed by atoms with E-state index in [1.54, 1.807) is 33.8 Å². The van der Waals surface area contributed by atoms with Crippen molar-refractivity contribution in [3.63, 3.8) is 0 Å². The van der Waals surface area contributed by atoms with E-state index in [4.69, 9.17) is 9.47 Å². The van der Waals surface area contributed by atoms with E-state index in [1.165, 1.54) is 6.92 Å². The minimum absolute atomic E-state index is 0.000642. The van der Waals surface area contributed by atoms with E-state index < -0.39 is 35.7 Å². The molecule has 1 fully saturated rings. The minimum Gasteiger partial charge on any atom is -0.459 e.